The summed E-state index contributed by atoms with van der Waals surface area (Å²) in [4.78, 5) is 6.67. The van der Waals surface area contributed by atoms with Crippen LogP contribution in [0.2, 0.25) is 10.0 Å². The molecule has 30 heavy (non-hydrogen) atoms. The quantitative estimate of drug-likeness (QED) is 0.224. The van der Waals surface area contributed by atoms with Crippen molar-refractivity contribution in [2.45, 2.75) is 44.3 Å². The molecule has 0 radical (unpaired) electrons. The molecule has 2 fully saturated rings. The Bertz CT molecular complexity index is 667. The molecule has 0 spiro atoms. The van der Waals surface area contributed by atoms with E-state index in [1.807, 2.05) is 12.1 Å². The minimum Gasteiger partial charge on any atom is -0.490 e. The molecule has 1 atom stereocenters. The van der Waals surface area contributed by atoms with Gasteiger partial charge in [-0.15, -0.1) is 24.0 Å². The van der Waals surface area contributed by atoms with E-state index in [0.717, 1.165) is 51.5 Å². The summed E-state index contributed by atoms with van der Waals surface area (Å²) in [5.74, 6) is 1.48. The maximum absolute atomic E-state index is 6.14. The van der Waals surface area contributed by atoms with Gasteiger partial charge in [-0.3, -0.25) is 4.99 Å². The van der Waals surface area contributed by atoms with Crippen LogP contribution in [0.3, 0.4) is 0 Å². The number of likely N-dealkylation sites (tertiary alicyclic amines) is 1. The molecule has 0 saturated carbocycles. The smallest absolute Gasteiger partial charge is 0.193 e. The van der Waals surface area contributed by atoms with Crippen LogP contribution in [0.15, 0.2) is 23.2 Å². The number of hydrogen-bond donors (Lipinski definition) is 1. The second kappa shape index (κ2) is 13.8. The van der Waals surface area contributed by atoms with Gasteiger partial charge in [0.15, 0.2) is 5.96 Å². The normalized spacial score (nSPS) is 20.6. The van der Waals surface area contributed by atoms with Gasteiger partial charge in [-0.05, 0) is 44.2 Å². The first kappa shape index (κ1) is 25.8. The van der Waals surface area contributed by atoms with E-state index in [4.69, 9.17) is 37.4 Å². The highest BCUT2D eigenvalue weighted by Crippen LogP contribution is 2.31. The average Bonchev–Trinajstić information content (AvgIpc) is 2.76. The highest BCUT2D eigenvalue weighted by molar-refractivity contribution is 14.0. The lowest BCUT2D eigenvalue weighted by atomic mass is 10.1. The third-order valence-electron chi connectivity index (χ3n) is 5.30. The first-order chi connectivity index (χ1) is 14.2. The molecule has 170 valence electrons. The fourth-order valence-electron chi connectivity index (χ4n) is 3.67. The van der Waals surface area contributed by atoms with Gasteiger partial charge in [-0.2, -0.15) is 0 Å². The van der Waals surface area contributed by atoms with Crippen molar-refractivity contribution in [1.29, 1.82) is 0 Å². The lowest BCUT2D eigenvalue weighted by Gasteiger charge is -2.35. The Labute approximate surface area is 206 Å². The maximum Gasteiger partial charge on any atom is 0.193 e. The van der Waals surface area contributed by atoms with Crippen molar-refractivity contribution >= 4 is 53.1 Å². The van der Waals surface area contributed by atoms with Crippen LogP contribution in [-0.4, -0.2) is 69.6 Å². The molecule has 1 unspecified atom stereocenters. The molecule has 2 aliphatic rings. The zero-order valence-electron chi connectivity index (χ0n) is 17.4. The predicted octanol–water partition coefficient (Wildman–Crippen LogP) is 4.62. The zero-order chi connectivity index (χ0) is 20.5. The van der Waals surface area contributed by atoms with Gasteiger partial charge in [-0.1, -0.05) is 29.3 Å². The lowest BCUT2D eigenvalue weighted by Crippen LogP contribution is -2.48. The standard InChI is InChI=1S/C21H31Cl2N3O3.HI/c1-24-21(25-10-14-28-19-7-4-6-18(22)20(19)23)26-11-8-16(9-12-26)29-15-17-5-2-3-13-27-17;/h4,6-7,16-17H,2-3,5,8-15H2,1H3,(H,24,25);1H. The number of piperidine rings is 1. The van der Waals surface area contributed by atoms with Crippen molar-refractivity contribution in [2.24, 2.45) is 4.99 Å². The summed E-state index contributed by atoms with van der Waals surface area (Å²) in [6.07, 6.45) is 6.15. The van der Waals surface area contributed by atoms with E-state index < -0.39 is 0 Å². The van der Waals surface area contributed by atoms with Crippen LogP contribution in [0.25, 0.3) is 0 Å². The highest BCUT2D eigenvalue weighted by Gasteiger charge is 2.23. The number of benzene rings is 1. The number of nitrogens with zero attached hydrogens (tertiary/aromatic N) is 2. The predicted molar refractivity (Wildman–Crippen MR) is 133 cm³/mol. The number of halogens is 3. The Morgan fingerprint density at radius 3 is 2.73 bits per heavy atom. The van der Waals surface area contributed by atoms with Gasteiger partial charge in [-0.25, -0.2) is 0 Å². The van der Waals surface area contributed by atoms with E-state index in [9.17, 15) is 0 Å². The van der Waals surface area contributed by atoms with Gasteiger partial charge in [0.05, 0.1) is 30.4 Å². The van der Waals surface area contributed by atoms with Gasteiger partial charge >= 0.3 is 0 Å². The van der Waals surface area contributed by atoms with Crippen molar-refractivity contribution in [3.63, 3.8) is 0 Å². The first-order valence-corrected chi connectivity index (χ1v) is 11.2. The van der Waals surface area contributed by atoms with Crippen LogP contribution < -0.4 is 10.1 Å². The molecule has 6 nitrogen and oxygen atoms in total. The summed E-state index contributed by atoms with van der Waals surface area (Å²) in [6.45, 7) is 4.56. The molecule has 1 aromatic rings. The molecule has 2 saturated heterocycles. The zero-order valence-corrected chi connectivity index (χ0v) is 21.3. The molecule has 0 aromatic heterocycles. The van der Waals surface area contributed by atoms with Gasteiger partial charge in [0, 0.05) is 26.7 Å². The number of guanidine groups is 1. The van der Waals surface area contributed by atoms with Crippen molar-refractivity contribution in [3.05, 3.63) is 28.2 Å². The summed E-state index contributed by atoms with van der Waals surface area (Å²) in [5.41, 5.74) is 0. The Morgan fingerprint density at radius 1 is 1.23 bits per heavy atom. The Kier molecular flexibility index (Phi) is 11.9. The van der Waals surface area contributed by atoms with Gasteiger partial charge in [0.2, 0.25) is 0 Å². The lowest BCUT2D eigenvalue weighted by molar-refractivity contribution is -0.0721. The second-order valence-electron chi connectivity index (χ2n) is 7.38. The van der Waals surface area contributed by atoms with Crippen LogP contribution in [-0.2, 0) is 9.47 Å². The highest BCUT2D eigenvalue weighted by atomic mass is 127. The molecule has 1 aromatic carbocycles. The van der Waals surface area contributed by atoms with Crippen LogP contribution in [0.1, 0.15) is 32.1 Å². The summed E-state index contributed by atoms with van der Waals surface area (Å²) in [7, 11) is 1.81. The van der Waals surface area contributed by atoms with Gasteiger partial charge in [0.1, 0.15) is 17.4 Å². The Balaban J connectivity index is 0.00000320. The first-order valence-electron chi connectivity index (χ1n) is 10.4. The van der Waals surface area contributed by atoms with Crippen LogP contribution in [0.5, 0.6) is 5.75 Å². The number of rotatable bonds is 7. The number of nitrogens with one attached hydrogen (secondary N) is 1. The molecule has 3 rings (SSSR count). The summed E-state index contributed by atoms with van der Waals surface area (Å²) in [5, 5.41) is 4.29. The van der Waals surface area contributed by atoms with Gasteiger partial charge < -0.3 is 24.4 Å². The van der Waals surface area contributed by atoms with Crippen molar-refractivity contribution in [1.82, 2.24) is 10.2 Å². The molecule has 9 heteroatoms. The third-order valence-corrected chi connectivity index (χ3v) is 6.11. The topological polar surface area (TPSA) is 55.3 Å². The van der Waals surface area contributed by atoms with Crippen molar-refractivity contribution in [2.75, 3.05) is 46.5 Å². The van der Waals surface area contributed by atoms with E-state index in [1.165, 1.54) is 12.8 Å². The second-order valence-corrected chi connectivity index (χ2v) is 8.17. The minimum absolute atomic E-state index is 0. The molecule has 1 N–H and O–H groups in total. The van der Waals surface area contributed by atoms with Crippen molar-refractivity contribution in [3.8, 4) is 5.75 Å². The molecular formula is C21H32Cl2IN3O3. The van der Waals surface area contributed by atoms with Crippen LogP contribution >= 0.6 is 47.2 Å². The Hall–Kier alpha value is -0.480. The van der Waals surface area contributed by atoms with E-state index in [0.29, 0.717) is 35.1 Å². The average molecular weight is 572 g/mol. The largest absolute Gasteiger partial charge is 0.490 e. The monoisotopic (exact) mass is 571 g/mol. The van der Waals surface area contributed by atoms with Gasteiger partial charge in [0.25, 0.3) is 0 Å². The molecule has 2 heterocycles. The fraction of sp³-hybridized carbons (Fsp3) is 0.667. The summed E-state index contributed by atoms with van der Waals surface area (Å²) in [6, 6.07) is 5.38. The molecule has 2 aliphatic heterocycles. The maximum atomic E-state index is 6.14. The number of aliphatic imine (C=N–C) groups is 1. The number of hydrogen-bond acceptors (Lipinski definition) is 4. The van der Waals surface area contributed by atoms with E-state index in [-0.39, 0.29) is 30.1 Å². The molecule has 0 aliphatic carbocycles. The van der Waals surface area contributed by atoms with E-state index in [2.05, 4.69) is 15.2 Å². The molecule has 0 bridgehead atoms. The summed E-state index contributed by atoms with van der Waals surface area (Å²) >= 11 is 12.2. The minimum atomic E-state index is 0. The SMILES string of the molecule is CN=C(NCCOc1cccc(Cl)c1Cl)N1CCC(OCC2CCCCO2)CC1.I. The van der Waals surface area contributed by atoms with Crippen LogP contribution in [0.4, 0.5) is 0 Å². The Morgan fingerprint density at radius 2 is 2.03 bits per heavy atom. The van der Waals surface area contributed by atoms with E-state index >= 15 is 0 Å². The van der Waals surface area contributed by atoms with Crippen molar-refractivity contribution < 1.29 is 14.2 Å². The van der Waals surface area contributed by atoms with Crippen LogP contribution in [0, 0.1) is 0 Å². The molecular weight excluding hydrogens is 540 g/mol. The fourth-order valence-corrected chi connectivity index (χ4v) is 4.01. The summed E-state index contributed by atoms with van der Waals surface area (Å²) < 4.78 is 17.6. The number of ether oxygens (including phenoxy) is 3. The molecule has 0 amide bonds. The van der Waals surface area contributed by atoms with E-state index in [1.54, 1.807) is 13.1 Å². The third kappa shape index (κ3) is 7.89.